The molecule has 0 aliphatic heterocycles. The summed E-state index contributed by atoms with van der Waals surface area (Å²) in [4.78, 5) is 1.04. The van der Waals surface area contributed by atoms with Crippen molar-refractivity contribution in [2.45, 2.75) is 32.7 Å². The lowest BCUT2D eigenvalue weighted by molar-refractivity contribution is 0.312. The predicted octanol–water partition coefficient (Wildman–Crippen LogP) is 2.44. The molecule has 1 atom stereocenters. The SMILES string of the molecule is CCCOc1ccccc1C(NN)c1snnc1CC. The first-order valence-electron chi connectivity index (χ1n) is 6.80. The van der Waals surface area contributed by atoms with Gasteiger partial charge in [-0.05, 0) is 30.4 Å². The normalized spacial score (nSPS) is 12.3. The molecule has 108 valence electrons. The maximum absolute atomic E-state index is 5.81. The van der Waals surface area contributed by atoms with Crippen molar-refractivity contribution in [1.82, 2.24) is 15.0 Å². The molecule has 3 N–H and O–H groups in total. The van der Waals surface area contributed by atoms with Gasteiger partial charge in [0, 0.05) is 5.56 Å². The van der Waals surface area contributed by atoms with Crippen LogP contribution in [0.1, 0.15) is 42.4 Å². The summed E-state index contributed by atoms with van der Waals surface area (Å²) in [6, 6.07) is 7.80. The van der Waals surface area contributed by atoms with Gasteiger partial charge in [0.2, 0.25) is 0 Å². The van der Waals surface area contributed by atoms with E-state index in [2.05, 4.69) is 28.9 Å². The van der Waals surface area contributed by atoms with Crippen LogP contribution in [0.25, 0.3) is 0 Å². The zero-order valence-corrected chi connectivity index (χ0v) is 12.6. The Bertz CT molecular complexity index is 543. The number of rotatable bonds is 7. The number of nitrogens with two attached hydrogens (primary N) is 1. The number of hydrogen-bond donors (Lipinski definition) is 2. The van der Waals surface area contributed by atoms with Gasteiger partial charge in [0.05, 0.1) is 23.2 Å². The van der Waals surface area contributed by atoms with Crippen LogP contribution >= 0.6 is 11.5 Å². The smallest absolute Gasteiger partial charge is 0.124 e. The molecule has 0 fully saturated rings. The van der Waals surface area contributed by atoms with Crippen molar-refractivity contribution in [3.05, 3.63) is 40.4 Å². The Balaban J connectivity index is 2.36. The summed E-state index contributed by atoms with van der Waals surface area (Å²) in [5, 5.41) is 4.15. The van der Waals surface area contributed by atoms with Crippen LogP contribution in [0.2, 0.25) is 0 Å². The average Bonchev–Trinajstić information content (AvgIpc) is 2.95. The minimum Gasteiger partial charge on any atom is -0.493 e. The van der Waals surface area contributed by atoms with Crippen molar-refractivity contribution in [3.8, 4) is 5.75 Å². The molecule has 20 heavy (non-hydrogen) atoms. The molecule has 0 saturated heterocycles. The summed E-state index contributed by atoms with van der Waals surface area (Å²) in [6.45, 7) is 4.84. The first-order valence-corrected chi connectivity index (χ1v) is 7.58. The molecule has 1 aromatic carbocycles. The van der Waals surface area contributed by atoms with Gasteiger partial charge in [-0.1, -0.05) is 36.5 Å². The highest BCUT2D eigenvalue weighted by molar-refractivity contribution is 7.05. The molecule has 0 aliphatic carbocycles. The summed E-state index contributed by atoms with van der Waals surface area (Å²) < 4.78 is 9.84. The fourth-order valence-corrected chi connectivity index (χ4v) is 2.87. The molecule has 0 amide bonds. The topological polar surface area (TPSA) is 73.1 Å². The van der Waals surface area contributed by atoms with E-state index in [1.54, 1.807) is 0 Å². The van der Waals surface area contributed by atoms with E-state index >= 15 is 0 Å². The molecular formula is C14H20N4OS. The third kappa shape index (κ3) is 3.15. The van der Waals surface area contributed by atoms with Gasteiger partial charge in [-0.25, -0.2) is 5.43 Å². The highest BCUT2D eigenvalue weighted by Crippen LogP contribution is 2.32. The van der Waals surface area contributed by atoms with Crippen molar-refractivity contribution < 1.29 is 4.74 Å². The number of benzene rings is 1. The summed E-state index contributed by atoms with van der Waals surface area (Å²) in [7, 11) is 0. The molecule has 5 nitrogen and oxygen atoms in total. The molecule has 6 heteroatoms. The third-order valence-electron chi connectivity index (χ3n) is 3.04. The van der Waals surface area contributed by atoms with Gasteiger partial charge in [-0.2, -0.15) is 0 Å². The largest absolute Gasteiger partial charge is 0.493 e. The molecule has 0 radical (unpaired) electrons. The molecule has 2 rings (SSSR count). The van der Waals surface area contributed by atoms with Crippen molar-refractivity contribution >= 4 is 11.5 Å². The van der Waals surface area contributed by atoms with Gasteiger partial charge in [-0.3, -0.25) is 5.84 Å². The van der Waals surface area contributed by atoms with Crippen LogP contribution in [0, 0.1) is 0 Å². The van der Waals surface area contributed by atoms with Gasteiger partial charge < -0.3 is 4.74 Å². The quantitative estimate of drug-likeness (QED) is 0.606. The molecule has 0 saturated carbocycles. The van der Waals surface area contributed by atoms with E-state index in [1.165, 1.54) is 11.5 Å². The number of ether oxygens (including phenoxy) is 1. The van der Waals surface area contributed by atoms with Crippen molar-refractivity contribution in [2.75, 3.05) is 6.61 Å². The number of para-hydroxylation sites is 1. The monoisotopic (exact) mass is 292 g/mol. The summed E-state index contributed by atoms with van der Waals surface area (Å²) in [5.74, 6) is 6.62. The Morgan fingerprint density at radius 3 is 2.85 bits per heavy atom. The molecule has 0 spiro atoms. The van der Waals surface area contributed by atoms with Crippen LogP contribution < -0.4 is 16.0 Å². The first-order chi connectivity index (χ1) is 9.81. The second-order valence-electron chi connectivity index (χ2n) is 4.42. The number of nitrogens with one attached hydrogen (secondary N) is 1. The number of aromatic nitrogens is 2. The average molecular weight is 292 g/mol. The maximum atomic E-state index is 5.81. The van der Waals surface area contributed by atoms with E-state index < -0.39 is 0 Å². The second-order valence-corrected chi connectivity index (χ2v) is 5.21. The molecule has 1 heterocycles. The molecule has 0 aliphatic rings. The molecule has 2 aromatic rings. The summed E-state index contributed by atoms with van der Waals surface area (Å²) >= 11 is 1.38. The van der Waals surface area contributed by atoms with Crippen LogP contribution in [0.5, 0.6) is 5.75 Å². The number of hydrazine groups is 1. The maximum Gasteiger partial charge on any atom is 0.124 e. The fourth-order valence-electron chi connectivity index (χ4n) is 2.05. The standard InChI is InChI=1S/C14H20N4OS/c1-3-9-19-12-8-6-5-7-10(12)13(16-15)14-11(4-2)17-18-20-14/h5-8,13,16H,3-4,9,15H2,1-2H3. The Labute approximate surface area is 123 Å². The minimum absolute atomic E-state index is 0.141. The van der Waals surface area contributed by atoms with Gasteiger partial charge in [0.1, 0.15) is 5.75 Å². The lowest BCUT2D eigenvalue weighted by Crippen LogP contribution is -2.29. The van der Waals surface area contributed by atoms with Crippen LogP contribution in [-0.4, -0.2) is 16.2 Å². The van der Waals surface area contributed by atoms with E-state index in [0.29, 0.717) is 6.61 Å². The van der Waals surface area contributed by atoms with Crippen molar-refractivity contribution in [1.29, 1.82) is 0 Å². The second kappa shape index (κ2) is 7.33. The minimum atomic E-state index is -0.141. The predicted molar refractivity (Wildman–Crippen MR) is 80.7 cm³/mol. The lowest BCUT2D eigenvalue weighted by Gasteiger charge is -2.19. The van der Waals surface area contributed by atoms with Gasteiger partial charge >= 0.3 is 0 Å². The van der Waals surface area contributed by atoms with E-state index in [0.717, 1.165) is 34.7 Å². The Morgan fingerprint density at radius 2 is 2.15 bits per heavy atom. The van der Waals surface area contributed by atoms with E-state index in [4.69, 9.17) is 10.6 Å². The molecule has 1 unspecified atom stereocenters. The van der Waals surface area contributed by atoms with Gasteiger partial charge in [0.15, 0.2) is 0 Å². The first kappa shape index (κ1) is 14.9. The number of nitrogens with zero attached hydrogens (tertiary/aromatic N) is 2. The van der Waals surface area contributed by atoms with Crippen LogP contribution in [0.3, 0.4) is 0 Å². The third-order valence-corrected chi connectivity index (χ3v) is 3.87. The molecule has 0 bridgehead atoms. The van der Waals surface area contributed by atoms with Crippen molar-refractivity contribution in [3.63, 3.8) is 0 Å². The highest BCUT2D eigenvalue weighted by atomic mass is 32.1. The van der Waals surface area contributed by atoms with Crippen molar-refractivity contribution in [2.24, 2.45) is 5.84 Å². The molecular weight excluding hydrogens is 272 g/mol. The van der Waals surface area contributed by atoms with Crippen LogP contribution in [-0.2, 0) is 6.42 Å². The lowest BCUT2D eigenvalue weighted by atomic mass is 10.0. The van der Waals surface area contributed by atoms with E-state index in [1.807, 2.05) is 24.3 Å². The Hall–Kier alpha value is -1.50. The van der Waals surface area contributed by atoms with Gasteiger partial charge in [0.25, 0.3) is 0 Å². The number of hydrogen-bond acceptors (Lipinski definition) is 6. The number of aryl methyl sites for hydroxylation is 1. The summed E-state index contributed by atoms with van der Waals surface area (Å²) in [6.07, 6.45) is 1.80. The Kier molecular flexibility index (Phi) is 5.46. The zero-order chi connectivity index (χ0) is 14.4. The zero-order valence-electron chi connectivity index (χ0n) is 11.8. The fraction of sp³-hybridized carbons (Fsp3) is 0.429. The Morgan fingerprint density at radius 1 is 1.35 bits per heavy atom. The van der Waals surface area contributed by atoms with E-state index in [-0.39, 0.29) is 6.04 Å². The highest BCUT2D eigenvalue weighted by Gasteiger charge is 2.22. The van der Waals surface area contributed by atoms with E-state index in [9.17, 15) is 0 Å². The summed E-state index contributed by atoms with van der Waals surface area (Å²) in [5.41, 5.74) is 4.86. The molecule has 1 aromatic heterocycles. The van der Waals surface area contributed by atoms with Crippen LogP contribution in [0.15, 0.2) is 24.3 Å². The van der Waals surface area contributed by atoms with Gasteiger partial charge in [-0.15, -0.1) is 5.10 Å². The van der Waals surface area contributed by atoms with Crippen LogP contribution in [0.4, 0.5) is 0 Å².